The Labute approximate surface area is 194 Å². The third-order valence-corrected chi connectivity index (χ3v) is 6.93. The van der Waals surface area contributed by atoms with E-state index in [-0.39, 0.29) is 17.1 Å². The van der Waals surface area contributed by atoms with Gasteiger partial charge in [-0.2, -0.15) is 17.5 Å². The average Bonchev–Trinajstić information content (AvgIpc) is 2.75. The summed E-state index contributed by atoms with van der Waals surface area (Å²) in [6, 6.07) is 16.6. The first-order valence-corrected chi connectivity index (χ1v) is 11.6. The van der Waals surface area contributed by atoms with Gasteiger partial charge in [0.15, 0.2) is 0 Å². The van der Waals surface area contributed by atoms with Gasteiger partial charge < -0.3 is 5.32 Å². The number of nitrogens with one attached hydrogen (secondary N) is 1. The molecule has 174 valence electrons. The van der Waals surface area contributed by atoms with E-state index in [0.29, 0.717) is 10.6 Å². The van der Waals surface area contributed by atoms with Crippen LogP contribution in [0.15, 0.2) is 77.7 Å². The molecule has 5 nitrogen and oxygen atoms in total. The number of alkyl halides is 3. The monoisotopic (exact) mass is 496 g/mol. The molecule has 0 saturated carbocycles. The summed E-state index contributed by atoms with van der Waals surface area (Å²) in [5, 5.41) is 2.81. The number of rotatable bonds is 7. The van der Waals surface area contributed by atoms with Gasteiger partial charge in [0.25, 0.3) is 0 Å². The molecule has 3 aromatic carbocycles. The van der Waals surface area contributed by atoms with Crippen LogP contribution in [-0.4, -0.2) is 25.2 Å². The first kappa shape index (κ1) is 24.8. The van der Waals surface area contributed by atoms with Gasteiger partial charge in [-0.25, -0.2) is 8.42 Å². The lowest BCUT2D eigenvalue weighted by Gasteiger charge is -2.23. The average molecular weight is 497 g/mol. The van der Waals surface area contributed by atoms with Gasteiger partial charge in [0.1, 0.15) is 0 Å². The third kappa shape index (κ3) is 6.34. The zero-order valence-corrected chi connectivity index (χ0v) is 19.0. The molecular formula is C23H20ClF3N2O3S. The van der Waals surface area contributed by atoms with E-state index < -0.39 is 34.2 Å². The van der Waals surface area contributed by atoms with Crippen molar-refractivity contribution in [3.63, 3.8) is 0 Å². The zero-order chi connectivity index (χ0) is 24.2. The molecule has 3 rings (SSSR count). The minimum Gasteiger partial charge on any atom is -0.325 e. The van der Waals surface area contributed by atoms with Gasteiger partial charge in [-0.3, -0.25) is 4.79 Å². The summed E-state index contributed by atoms with van der Waals surface area (Å²) in [6.45, 7) is 1.21. The van der Waals surface area contributed by atoms with E-state index >= 15 is 0 Å². The van der Waals surface area contributed by atoms with E-state index in [1.807, 2.05) is 19.1 Å². The molecule has 10 heteroatoms. The number of halogens is 4. The molecule has 0 radical (unpaired) electrons. The second kappa shape index (κ2) is 9.94. The van der Waals surface area contributed by atoms with E-state index in [0.717, 1.165) is 34.1 Å². The van der Waals surface area contributed by atoms with E-state index in [2.05, 4.69) is 5.32 Å². The fourth-order valence-electron chi connectivity index (χ4n) is 3.06. The number of carbonyl (C=O) groups excluding carboxylic acids is 1. The van der Waals surface area contributed by atoms with E-state index in [1.165, 1.54) is 24.3 Å². The van der Waals surface area contributed by atoms with Crippen LogP contribution in [0, 0.1) is 6.92 Å². The number of hydrogen-bond donors (Lipinski definition) is 1. The first-order chi connectivity index (χ1) is 15.5. The van der Waals surface area contributed by atoms with Crippen molar-refractivity contribution in [1.29, 1.82) is 0 Å². The fourth-order valence-corrected chi connectivity index (χ4v) is 4.56. The van der Waals surface area contributed by atoms with Crippen LogP contribution in [0.2, 0.25) is 5.02 Å². The van der Waals surface area contributed by atoms with Crippen molar-refractivity contribution in [1.82, 2.24) is 4.31 Å². The van der Waals surface area contributed by atoms with E-state index in [1.54, 1.807) is 12.1 Å². The van der Waals surface area contributed by atoms with Gasteiger partial charge in [0.2, 0.25) is 15.9 Å². The standard InChI is InChI=1S/C23H20ClF3N2O3S/c1-16-4-2-3-5-17(16)14-29(33(31,32)21-12-8-19(24)9-13-21)15-22(30)28-20-10-6-18(7-11-20)23(25,26)27/h2-13H,14-15H2,1H3,(H,28,30). The molecule has 1 amide bonds. The summed E-state index contributed by atoms with van der Waals surface area (Å²) in [7, 11) is -4.08. The second-order valence-corrected chi connectivity index (χ2v) is 9.65. The third-order valence-electron chi connectivity index (χ3n) is 4.88. The smallest absolute Gasteiger partial charge is 0.325 e. The Balaban J connectivity index is 1.85. The predicted molar refractivity (Wildman–Crippen MR) is 120 cm³/mol. The number of sulfonamides is 1. The van der Waals surface area contributed by atoms with Crippen molar-refractivity contribution in [2.24, 2.45) is 0 Å². The Morgan fingerprint density at radius 2 is 1.58 bits per heavy atom. The van der Waals surface area contributed by atoms with Gasteiger partial charge in [0.05, 0.1) is 17.0 Å². The highest BCUT2D eigenvalue weighted by molar-refractivity contribution is 7.89. The predicted octanol–water partition coefficient (Wildman–Crippen LogP) is 5.50. The van der Waals surface area contributed by atoms with Crippen molar-refractivity contribution in [2.75, 3.05) is 11.9 Å². The van der Waals surface area contributed by atoms with Gasteiger partial charge >= 0.3 is 6.18 Å². The van der Waals surface area contributed by atoms with Crippen LogP contribution < -0.4 is 5.32 Å². The maximum atomic E-state index is 13.3. The van der Waals surface area contributed by atoms with Crippen LogP contribution in [0.1, 0.15) is 16.7 Å². The fraction of sp³-hybridized carbons (Fsp3) is 0.174. The maximum absolute atomic E-state index is 13.3. The number of anilines is 1. The molecular weight excluding hydrogens is 477 g/mol. The lowest BCUT2D eigenvalue weighted by Crippen LogP contribution is -2.37. The minimum atomic E-state index is -4.50. The highest BCUT2D eigenvalue weighted by Crippen LogP contribution is 2.30. The largest absolute Gasteiger partial charge is 0.416 e. The minimum absolute atomic E-state index is 0.0391. The molecule has 0 spiro atoms. The van der Waals surface area contributed by atoms with Gasteiger partial charge in [-0.1, -0.05) is 35.9 Å². The normalized spacial score (nSPS) is 12.1. The van der Waals surface area contributed by atoms with E-state index in [4.69, 9.17) is 11.6 Å². The van der Waals surface area contributed by atoms with Crippen LogP contribution in [0.25, 0.3) is 0 Å². The number of hydrogen-bond acceptors (Lipinski definition) is 3. The quantitative estimate of drug-likeness (QED) is 0.470. The molecule has 1 N–H and O–H groups in total. The molecule has 0 fully saturated rings. The van der Waals surface area contributed by atoms with Crippen LogP contribution in [-0.2, 0) is 27.5 Å². The summed E-state index contributed by atoms with van der Waals surface area (Å²) in [4.78, 5) is 12.6. The molecule has 0 aliphatic carbocycles. The molecule has 0 unspecified atom stereocenters. The summed E-state index contributed by atoms with van der Waals surface area (Å²) in [5.74, 6) is -0.694. The lowest BCUT2D eigenvalue weighted by molar-refractivity contribution is -0.137. The van der Waals surface area contributed by atoms with Crippen molar-refractivity contribution >= 4 is 33.2 Å². The molecule has 3 aromatic rings. The van der Waals surface area contributed by atoms with Crippen LogP contribution >= 0.6 is 11.6 Å². The lowest BCUT2D eigenvalue weighted by atomic mass is 10.1. The van der Waals surface area contributed by atoms with Crippen molar-refractivity contribution in [2.45, 2.75) is 24.5 Å². The second-order valence-electron chi connectivity index (χ2n) is 7.28. The molecule has 0 aromatic heterocycles. The summed E-state index contributed by atoms with van der Waals surface area (Å²) in [6.07, 6.45) is -4.50. The Morgan fingerprint density at radius 1 is 0.970 bits per heavy atom. The van der Waals surface area contributed by atoms with Crippen LogP contribution in [0.3, 0.4) is 0 Å². The maximum Gasteiger partial charge on any atom is 0.416 e. The molecule has 0 saturated heterocycles. The number of nitrogens with zero attached hydrogens (tertiary/aromatic N) is 1. The highest BCUT2D eigenvalue weighted by Gasteiger charge is 2.30. The van der Waals surface area contributed by atoms with Crippen molar-refractivity contribution in [3.05, 3.63) is 94.5 Å². The van der Waals surface area contributed by atoms with Crippen LogP contribution in [0.4, 0.5) is 18.9 Å². The molecule has 0 aliphatic heterocycles. The summed E-state index contributed by atoms with van der Waals surface area (Å²) in [5.41, 5.74) is 0.814. The molecule has 0 aliphatic rings. The molecule has 0 bridgehead atoms. The Hall–Kier alpha value is -2.88. The molecule has 0 heterocycles. The van der Waals surface area contributed by atoms with Gasteiger partial charge in [0, 0.05) is 17.3 Å². The summed E-state index contributed by atoms with van der Waals surface area (Å²) < 4.78 is 65.8. The Bertz CT molecular complexity index is 1230. The van der Waals surface area contributed by atoms with Crippen molar-refractivity contribution in [3.8, 4) is 0 Å². The van der Waals surface area contributed by atoms with Crippen LogP contribution in [0.5, 0.6) is 0 Å². The zero-order valence-electron chi connectivity index (χ0n) is 17.4. The molecule has 33 heavy (non-hydrogen) atoms. The van der Waals surface area contributed by atoms with Crippen molar-refractivity contribution < 1.29 is 26.4 Å². The topological polar surface area (TPSA) is 66.5 Å². The number of carbonyl (C=O) groups is 1. The number of aryl methyl sites for hydroxylation is 1. The first-order valence-electron chi connectivity index (χ1n) is 9.74. The Kier molecular flexibility index (Phi) is 7.46. The van der Waals surface area contributed by atoms with Gasteiger partial charge in [-0.15, -0.1) is 0 Å². The Morgan fingerprint density at radius 3 is 2.15 bits per heavy atom. The number of amides is 1. The number of benzene rings is 3. The SMILES string of the molecule is Cc1ccccc1CN(CC(=O)Nc1ccc(C(F)(F)F)cc1)S(=O)(=O)c1ccc(Cl)cc1. The highest BCUT2D eigenvalue weighted by atomic mass is 35.5. The summed E-state index contributed by atoms with van der Waals surface area (Å²) >= 11 is 5.86. The molecule has 0 atom stereocenters. The van der Waals surface area contributed by atoms with E-state index in [9.17, 15) is 26.4 Å². The van der Waals surface area contributed by atoms with Gasteiger partial charge in [-0.05, 0) is 66.6 Å².